The lowest BCUT2D eigenvalue weighted by atomic mass is 9.98. The second-order valence-corrected chi connectivity index (χ2v) is 5.43. The van der Waals surface area contributed by atoms with Gasteiger partial charge in [0.05, 0.1) is 11.2 Å². The number of hydrogen-bond acceptors (Lipinski definition) is 3. The van der Waals surface area contributed by atoms with Crippen molar-refractivity contribution in [2.24, 2.45) is 0 Å². The quantitative estimate of drug-likeness (QED) is 0.799. The molecule has 0 spiro atoms. The largest absolute Gasteiger partial charge is 0.481 e. The standard InChI is InChI=1S/C12H18ClN3O3/c1-12(2,5-3-11(18)19)15-10(17)4-6-16-8-9(13)7-14-16/h7-8H,3-6H2,1-2H3,(H,15,17)(H,18,19). The maximum atomic E-state index is 11.8. The molecule has 0 aromatic carbocycles. The van der Waals surface area contributed by atoms with E-state index in [2.05, 4.69) is 10.4 Å². The Labute approximate surface area is 116 Å². The molecule has 1 rings (SSSR count). The van der Waals surface area contributed by atoms with Gasteiger partial charge in [0.1, 0.15) is 0 Å². The van der Waals surface area contributed by atoms with Crippen molar-refractivity contribution in [2.75, 3.05) is 0 Å². The summed E-state index contributed by atoms with van der Waals surface area (Å²) in [5.74, 6) is -1.00. The molecule has 1 heterocycles. The molecule has 0 unspecified atom stereocenters. The molecule has 7 heteroatoms. The van der Waals surface area contributed by atoms with Crippen LogP contribution in [0, 0.1) is 0 Å². The van der Waals surface area contributed by atoms with Gasteiger partial charge >= 0.3 is 5.97 Å². The van der Waals surface area contributed by atoms with Crippen LogP contribution in [0.5, 0.6) is 0 Å². The average molecular weight is 288 g/mol. The van der Waals surface area contributed by atoms with Gasteiger partial charge in [-0.1, -0.05) is 11.6 Å². The Morgan fingerprint density at radius 3 is 2.68 bits per heavy atom. The van der Waals surface area contributed by atoms with E-state index in [9.17, 15) is 9.59 Å². The van der Waals surface area contributed by atoms with Gasteiger partial charge in [0, 0.05) is 31.1 Å². The zero-order valence-corrected chi connectivity index (χ0v) is 11.8. The van der Waals surface area contributed by atoms with Crippen molar-refractivity contribution in [3.8, 4) is 0 Å². The highest BCUT2D eigenvalue weighted by molar-refractivity contribution is 6.30. The number of carbonyl (C=O) groups excluding carboxylic acids is 1. The van der Waals surface area contributed by atoms with Gasteiger partial charge in [-0.2, -0.15) is 5.10 Å². The topological polar surface area (TPSA) is 84.2 Å². The summed E-state index contributed by atoms with van der Waals surface area (Å²) in [5.41, 5.74) is -0.531. The first-order valence-electron chi connectivity index (χ1n) is 5.99. The summed E-state index contributed by atoms with van der Waals surface area (Å²) in [7, 11) is 0. The molecule has 0 radical (unpaired) electrons. The number of aromatic nitrogens is 2. The molecule has 0 aliphatic carbocycles. The number of carboxylic acid groups (broad SMARTS) is 1. The molecule has 0 saturated carbocycles. The Bertz CT molecular complexity index is 457. The number of nitrogens with one attached hydrogen (secondary N) is 1. The Hall–Kier alpha value is -1.56. The lowest BCUT2D eigenvalue weighted by Crippen LogP contribution is -2.44. The number of halogens is 1. The maximum Gasteiger partial charge on any atom is 0.303 e. The van der Waals surface area contributed by atoms with Crippen molar-refractivity contribution in [1.82, 2.24) is 15.1 Å². The zero-order valence-electron chi connectivity index (χ0n) is 11.0. The molecule has 0 saturated heterocycles. The summed E-state index contributed by atoms with van der Waals surface area (Å²) in [5, 5.41) is 15.9. The minimum absolute atomic E-state index is 0.0298. The Morgan fingerprint density at radius 1 is 1.47 bits per heavy atom. The van der Waals surface area contributed by atoms with Crippen molar-refractivity contribution in [3.63, 3.8) is 0 Å². The van der Waals surface area contributed by atoms with Gasteiger partial charge in [0.2, 0.25) is 5.91 Å². The molecule has 1 aromatic heterocycles. The van der Waals surface area contributed by atoms with E-state index in [1.807, 2.05) is 0 Å². The predicted octanol–water partition coefficient (Wildman–Crippen LogP) is 1.69. The molecule has 1 amide bonds. The van der Waals surface area contributed by atoms with E-state index in [1.54, 1.807) is 24.7 Å². The number of aliphatic carboxylic acids is 1. The summed E-state index contributed by atoms with van der Waals surface area (Å²) < 4.78 is 1.59. The van der Waals surface area contributed by atoms with E-state index in [-0.39, 0.29) is 18.7 Å². The van der Waals surface area contributed by atoms with Crippen LogP contribution in [-0.4, -0.2) is 32.3 Å². The van der Waals surface area contributed by atoms with Crippen LogP contribution < -0.4 is 5.32 Å². The van der Waals surface area contributed by atoms with Crippen molar-refractivity contribution in [1.29, 1.82) is 0 Å². The molecule has 106 valence electrons. The number of nitrogens with zero attached hydrogens (tertiary/aromatic N) is 2. The predicted molar refractivity (Wildman–Crippen MR) is 70.9 cm³/mol. The fourth-order valence-electron chi connectivity index (χ4n) is 1.60. The monoisotopic (exact) mass is 287 g/mol. The molecule has 19 heavy (non-hydrogen) atoms. The third-order valence-corrected chi connectivity index (χ3v) is 2.81. The van der Waals surface area contributed by atoms with Crippen molar-refractivity contribution in [2.45, 2.75) is 45.2 Å². The van der Waals surface area contributed by atoms with Crippen molar-refractivity contribution in [3.05, 3.63) is 17.4 Å². The van der Waals surface area contributed by atoms with Gasteiger partial charge in [-0.3, -0.25) is 14.3 Å². The molecule has 0 aliphatic heterocycles. The number of amides is 1. The second-order valence-electron chi connectivity index (χ2n) is 5.00. The molecule has 0 fully saturated rings. The van der Waals surface area contributed by atoms with Gasteiger partial charge in [-0.05, 0) is 20.3 Å². The van der Waals surface area contributed by atoms with Crippen LogP contribution in [0.15, 0.2) is 12.4 Å². The van der Waals surface area contributed by atoms with E-state index in [4.69, 9.17) is 16.7 Å². The third-order valence-electron chi connectivity index (χ3n) is 2.61. The maximum absolute atomic E-state index is 11.8. The summed E-state index contributed by atoms with van der Waals surface area (Å²) in [6, 6.07) is 0. The number of hydrogen-bond donors (Lipinski definition) is 2. The minimum Gasteiger partial charge on any atom is -0.481 e. The van der Waals surface area contributed by atoms with E-state index >= 15 is 0 Å². The van der Waals surface area contributed by atoms with Crippen molar-refractivity contribution < 1.29 is 14.7 Å². The lowest BCUT2D eigenvalue weighted by Gasteiger charge is -2.25. The molecule has 1 aromatic rings. The lowest BCUT2D eigenvalue weighted by molar-refractivity contribution is -0.137. The minimum atomic E-state index is -0.867. The molecular formula is C12H18ClN3O3. The number of aryl methyl sites for hydroxylation is 1. The molecule has 2 N–H and O–H groups in total. The van der Waals surface area contributed by atoms with Crippen LogP contribution in [0.25, 0.3) is 0 Å². The Morgan fingerprint density at radius 2 is 2.16 bits per heavy atom. The highest BCUT2D eigenvalue weighted by atomic mass is 35.5. The third kappa shape index (κ3) is 6.24. The number of carbonyl (C=O) groups is 2. The van der Waals surface area contributed by atoms with E-state index < -0.39 is 11.5 Å². The molecule has 0 bridgehead atoms. The number of carboxylic acids is 1. The van der Waals surface area contributed by atoms with Crippen LogP contribution in [0.4, 0.5) is 0 Å². The smallest absolute Gasteiger partial charge is 0.303 e. The first-order chi connectivity index (χ1) is 8.78. The van der Waals surface area contributed by atoms with E-state index in [1.165, 1.54) is 6.20 Å². The number of rotatable bonds is 7. The highest BCUT2D eigenvalue weighted by Gasteiger charge is 2.21. The summed E-state index contributed by atoms with van der Waals surface area (Å²) in [6.45, 7) is 4.05. The van der Waals surface area contributed by atoms with E-state index in [0.717, 1.165) is 0 Å². The van der Waals surface area contributed by atoms with Crippen LogP contribution in [-0.2, 0) is 16.1 Å². The van der Waals surface area contributed by atoms with Gasteiger partial charge in [-0.15, -0.1) is 0 Å². The van der Waals surface area contributed by atoms with Gasteiger partial charge in [-0.25, -0.2) is 0 Å². The second kappa shape index (κ2) is 6.56. The van der Waals surface area contributed by atoms with Gasteiger partial charge in [0.15, 0.2) is 0 Å². The Kier molecular flexibility index (Phi) is 5.35. The SMILES string of the molecule is CC(C)(CCC(=O)O)NC(=O)CCn1cc(Cl)cn1. The fourth-order valence-corrected chi connectivity index (χ4v) is 1.75. The first kappa shape index (κ1) is 15.5. The molecular weight excluding hydrogens is 270 g/mol. The van der Waals surface area contributed by atoms with Gasteiger partial charge < -0.3 is 10.4 Å². The zero-order chi connectivity index (χ0) is 14.5. The Balaban J connectivity index is 2.35. The van der Waals surface area contributed by atoms with Crippen LogP contribution >= 0.6 is 11.6 Å². The molecule has 6 nitrogen and oxygen atoms in total. The fraction of sp³-hybridized carbons (Fsp3) is 0.583. The summed E-state index contributed by atoms with van der Waals surface area (Å²) >= 11 is 5.71. The average Bonchev–Trinajstić information content (AvgIpc) is 2.69. The normalized spacial score (nSPS) is 11.3. The van der Waals surface area contributed by atoms with Crippen molar-refractivity contribution >= 4 is 23.5 Å². The molecule has 0 atom stereocenters. The van der Waals surface area contributed by atoms with Crippen LogP contribution in [0.1, 0.15) is 33.1 Å². The summed E-state index contributed by atoms with van der Waals surface area (Å²) in [4.78, 5) is 22.3. The van der Waals surface area contributed by atoms with Crippen LogP contribution in [0.3, 0.4) is 0 Å². The van der Waals surface area contributed by atoms with E-state index in [0.29, 0.717) is 18.0 Å². The summed E-state index contributed by atoms with van der Waals surface area (Å²) in [6.07, 6.45) is 3.85. The molecule has 0 aliphatic rings. The first-order valence-corrected chi connectivity index (χ1v) is 6.37. The van der Waals surface area contributed by atoms with Crippen LogP contribution in [0.2, 0.25) is 5.02 Å². The highest BCUT2D eigenvalue weighted by Crippen LogP contribution is 2.11. The van der Waals surface area contributed by atoms with Gasteiger partial charge in [0.25, 0.3) is 0 Å².